The van der Waals surface area contributed by atoms with E-state index in [-0.39, 0.29) is 18.2 Å². The lowest BCUT2D eigenvalue weighted by atomic mass is 10.0. The fraction of sp³-hybridized carbons (Fsp3) is 0.273. The van der Waals surface area contributed by atoms with Gasteiger partial charge in [0.1, 0.15) is 11.6 Å². The first-order valence-electron chi connectivity index (χ1n) is 9.88. The van der Waals surface area contributed by atoms with Crippen LogP contribution in [0.25, 0.3) is 5.69 Å². The van der Waals surface area contributed by atoms with Crippen LogP contribution in [0.2, 0.25) is 0 Å². The minimum Gasteiger partial charge on any atom is -0.484 e. The number of carbonyl (C=O) groups is 1. The van der Waals surface area contributed by atoms with Gasteiger partial charge in [0.2, 0.25) is 0 Å². The van der Waals surface area contributed by atoms with E-state index in [0.717, 1.165) is 22.8 Å². The number of nitro benzene ring substituents is 1. The number of amides is 1. The van der Waals surface area contributed by atoms with Crippen LogP contribution in [0.4, 0.5) is 11.5 Å². The molecule has 8 nitrogen and oxygen atoms in total. The molecule has 160 valence electrons. The van der Waals surface area contributed by atoms with Crippen LogP contribution in [0, 0.1) is 10.1 Å². The molecule has 4 rings (SSSR count). The van der Waals surface area contributed by atoms with Gasteiger partial charge in [-0.1, -0.05) is 26.0 Å². The first kappa shape index (κ1) is 20.9. The second-order valence-corrected chi connectivity index (χ2v) is 8.50. The van der Waals surface area contributed by atoms with E-state index >= 15 is 0 Å². The number of benzene rings is 2. The first-order chi connectivity index (χ1) is 14.9. The number of thioether (sulfide) groups is 1. The summed E-state index contributed by atoms with van der Waals surface area (Å²) in [4.78, 5) is 23.1. The Morgan fingerprint density at radius 2 is 1.90 bits per heavy atom. The lowest BCUT2D eigenvalue weighted by Gasteiger charge is -2.12. The topological polar surface area (TPSA) is 99.3 Å². The fourth-order valence-corrected chi connectivity index (χ4v) is 4.34. The Balaban J connectivity index is 1.49. The van der Waals surface area contributed by atoms with Crippen molar-refractivity contribution < 1.29 is 14.5 Å². The highest BCUT2D eigenvalue weighted by Crippen LogP contribution is 2.36. The smallest absolute Gasteiger partial charge is 0.269 e. The van der Waals surface area contributed by atoms with Gasteiger partial charge < -0.3 is 10.1 Å². The summed E-state index contributed by atoms with van der Waals surface area (Å²) in [5.74, 6) is 2.85. The zero-order valence-electron chi connectivity index (χ0n) is 17.2. The molecule has 1 aliphatic rings. The Morgan fingerprint density at radius 1 is 1.19 bits per heavy atom. The molecule has 1 aliphatic heterocycles. The maximum Gasteiger partial charge on any atom is 0.269 e. The molecule has 0 radical (unpaired) electrons. The van der Waals surface area contributed by atoms with E-state index in [4.69, 9.17) is 4.74 Å². The van der Waals surface area contributed by atoms with Gasteiger partial charge in [0, 0.05) is 29.2 Å². The van der Waals surface area contributed by atoms with Crippen molar-refractivity contribution in [1.82, 2.24) is 9.78 Å². The van der Waals surface area contributed by atoms with Crippen molar-refractivity contribution in [3.8, 4) is 11.4 Å². The van der Waals surface area contributed by atoms with Gasteiger partial charge in [0.05, 0.1) is 16.3 Å². The van der Waals surface area contributed by atoms with Crippen LogP contribution in [0.3, 0.4) is 0 Å². The van der Waals surface area contributed by atoms with Gasteiger partial charge >= 0.3 is 0 Å². The standard InChI is InChI=1S/C22H22N4O4S/c1-14(2)15-3-9-18(10-4-15)30-11-21(27)23-22-19-12-31-13-20(19)24-25(22)16-5-7-17(8-6-16)26(28)29/h3-10,14H,11-13H2,1-2H3,(H,23,27). The molecule has 0 fully saturated rings. The molecule has 2 heterocycles. The molecule has 0 bridgehead atoms. The highest BCUT2D eigenvalue weighted by atomic mass is 32.2. The molecule has 0 unspecified atom stereocenters. The molecule has 9 heteroatoms. The summed E-state index contributed by atoms with van der Waals surface area (Å²) >= 11 is 1.73. The van der Waals surface area contributed by atoms with Crippen molar-refractivity contribution in [2.75, 3.05) is 11.9 Å². The van der Waals surface area contributed by atoms with E-state index in [9.17, 15) is 14.9 Å². The molecule has 0 spiro atoms. The summed E-state index contributed by atoms with van der Waals surface area (Å²) in [6, 6.07) is 13.8. The average molecular weight is 439 g/mol. The van der Waals surface area contributed by atoms with E-state index < -0.39 is 4.92 Å². The van der Waals surface area contributed by atoms with E-state index in [1.807, 2.05) is 24.3 Å². The zero-order chi connectivity index (χ0) is 22.0. The fourth-order valence-electron chi connectivity index (χ4n) is 3.31. The number of ether oxygens (including phenoxy) is 1. The third-order valence-corrected chi connectivity index (χ3v) is 6.00. The van der Waals surface area contributed by atoms with Crippen molar-refractivity contribution in [3.05, 3.63) is 75.5 Å². The molecule has 31 heavy (non-hydrogen) atoms. The van der Waals surface area contributed by atoms with Crippen molar-refractivity contribution in [2.24, 2.45) is 0 Å². The van der Waals surface area contributed by atoms with Crippen LogP contribution >= 0.6 is 11.8 Å². The Bertz CT molecular complexity index is 1110. The summed E-state index contributed by atoms with van der Waals surface area (Å²) in [6.45, 7) is 4.11. The van der Waals surface area contributed by atoms with Crippen molar-refractivity contribution in [1.29, 1.82) is 0 Å². The van der Waals surface area contributed by atoms with Gasteiger partial charge in [0.25, 0.3) is 11.6 Å². The third-order valence-electron chi connectivity index (χ3n) is 5.03. The zero-order valence-corrected chi connectivity index (χ0v) is 18.0. The maximum atomic E-state index is 12.6. The van der Waals surface area contributed by atoms with Crippen LogP contribution < -0.4 is 10.1 Å². The second kappa shape index (κ2) is 8.81. The molecular formula is C22H22N4O4S. The lowest BCUT2D eigenvalue weighted by molar-refractivity contribution is -0.384. The average Bonchev–Trinajstić information content (AvgIpc) is 3.35. The highest BCUT2D eigenvalue weighted by molar-refractivity contribution is 7.98. The number of non-ortho nitro benzene ring substituents is 1. The SMILES string of the molecule is CC(C)c1ccc(OCC(=O)Nc2c3c(nn2-c2ccc([N+](=O)[O-])cc2)CSC3)cc1. The molecule has 0 saturated heterocycles. The Labute approximate surface area is 183 Å². The predicted molar refractivity (Wildman–Crippen MR) is 120 cm³/mol. The molecule has 0 aliphatic carbocycles. The van der Waals surface area contributed by atoms with Gasteiger partial charge in [-0.15, -0.1) is 0 Å². The minimum atomic E-state index is -0.447. The Morgan fingerprint density at radius 3 is 2.55 bits per heavy atom. The van der Waals surface area contributed by atoms with E-state index in [1.165, 1.54) is 17.7 Å². The monoisotopic (exact) mass is 438 g/mol. The number of nitro groups is 1. The van der Waals surface area contributed by atoms with E-state index in [1.54, 1.807) is 28.6 Å². The Kier molecular flexibility index (Phi) is 5.94. The lowest BCUT2D eigenvalue weighted by Crippen LogP contribution is -2.22. The largest absolute Gasteiger partial charge is 0.484 e. The molecule has 0 saturated carbocycles. The summed E-state index contributed by atoms with van der Waals surface area (Å²) in [5, 5.41) is 18.4. The maximum absolute atomic E-state index is 12.6. The second-order valence-electron chi connectivity index (χ2n) is 7.51. The highest BCUT2D eigenvalue weighted by Gasteiger charge is 2.25. The van der Waals surface area contributed by atoms with Crippen LogP contribution in [-0.4, -0.2) is 27.2 Å². The molecule has 1 amide bonds. The van der Waals surface area contributed by atoms with Crippen molar-refractivity contribution >= 4 is 29.2 Å². The molecular weight excluding hydrogens is 416 g/mol. The molecule has 3 aromatic rings. The van der Waals surface area contributed by atoms with Gasteiger partial charge in [-0.05, 0) is 35.7 Å². The number of rotatable bonds is 7. The summed E-state index contributed by atoms with van der Waals surface area (Å²) in [5.41, 5.74) is 3.73. The van der Waals surface area contributed by atoms with Crippen molar-refractivity contribution in [3.63, 3.8) is 0 Å². The van der Waals surface area contributed by atoms with Gasteiger partial charge in [-0.3, -0.25) is 14.9 Å². The normalized spacial score (nSPS) is 12.6. The summed E-state index contributed by atoms with van der Waals surface area (Å²) in [7, 11) is 0. The quantitative estimate of drug-likeness (QED) is 0.425. The number of fused-ring (bicyclic) bond motifs is 1. The molecule has 0 atom stereocenters. The van der Waals surface area contributed by atoms with Gasteiger partial charge in [-0.25, -0.2) is 4.68 Å². The number of anilines is 1. The van der Waals surface area contributed by atoms with Crippen LogP contribution in [0.15, 0.2) is 48.5 Å². The molecule has 1 N–H and O–H groups in total. The van der Waals surface area contributed by atoms with Crippen LogP contribution in [0.5, 0.6) is 5.75 Å². The first-order valence-corrected chi connectivity index (χ1v) is 11.0. The van der Waals surface area contributed by atoms with E-state index in [2.05, 4.69) is 24.3 Å². The summed E-state index contributed by atoms with van der Waals surface area (Å²) in [6.07, 6.45) is 0. The predicted octanol–water partition coefficient (Wildman–Crippen LogP) is 4.67. The van der Waals surface area contributed by atoms with Gasteiger partial charge in [-0.2, -0.15) is 16.9 Å². The number of aromatic nitrogens is 2. The van der Waals surface area contributed by atoms with Gasteiger partial charge in [0.15, 0.2) is 6.61 Å². The third kappa shape index (κ3) is 4.56. The summed E-state index contributed by atoms with van der Waals surface area (Å²) < 4.78 is 7.26. The minimum absolute atomic E-state index is 0.00136. The molecule has 2 aromatic carbocycles. The van der Waals surface area contributed by atoms with Crippen molar-refractivity contribution in [2.45, 2.75) is 31.3 Å². The molecule has 1 aromatic heterocycles. The van der Waals surface area contributed by atoms with E-state index in [0.29, 0.717) is 23.2 Å². The van der Waals surface area contributed by atoms with Crippen LogP contribution in [-0.2, 0) is 16.3 Å². The number of nitrogens with zero attached hydrogens (tertiary/aromatic N) is 3. The number of nitrogens with one attached hydrogen (secondary N) is 1. The number of carbonyl (C=O) groups excluding carboxylic acids is 1. The Hall–Kier alpha value is -3.33. The number of hydrogen-bond donors (Lipinski definition) is 1. The number of hydrogen-bond acceptors (Lipinski definition) is 6. The van der Waals surface area contributed by atoms with Crippen LogP contribution in [0.1, 0.15) is 36.6 Å².